The highest BCUT2D eigenvalue weighted by atomic mass is 35.5. The van der Waals surface area contributed by atoms with Crippen molar-refractivity contribution in [2.24, 2.45) is 0 Å². The number of carbonyl (C=O) groups excluding carboxylic acids is 1. The van der Waals surface area contributed by atoms with E-state index >= 15 is 0 Å². The molecule has 1 saturated heterocycles. The van der Waals surface area contributed by atoms with Gasteiger partial charge in [0.15, 0.2) is 0 Å². The van der Waals surface area contributed by atoms with Crippen molar-refractivity contribution >= 4 is 45.0 Å². The summed E-state index contributed by atoms with van der Waals surface area (Å²) < 4.78 is 82.3. The SMILES string of the molecule is O=C1CN(c2ccc(Cn3cc(-c4ccc(Cl)cc4Cl)nc3CCc3ccc(C(F)(F)F)cc3F)cc2)S(=O)(=O)N1. The topological polar surface area (TPSA) is 84.3 Å². The molecule has 1 N–H and O–H groups in total. The predicted molar refractivity (Wildman–Crippen MR) is 146 cm³/mol. The van der Waals surface area contributed by atoms with E-state index < -0.39 is 33.7 Å². The second-order valence-corrected chi connectivity index (χ2v) is 11.7. The van der Waals surface area contributed by atoms with Crippen molar-refractivity contribution in [1.82, 2.24) is 14.3 Å². The molecule has 0 atom stereocenters. The Morgan fingerprint density at radius 1 is 0.976 bits per heavy atom. The zero-order chi connectivity index (χ0) is 29.5. The van der Waals surface area contributed by atoms with Gasteiger partial charge in [-0.1, -0.05) is 41.4 Å². The van der Waals surface area contributed by atoms with Crippen LogP contribution in [-0.4, -0.2) is 30.4 Å². The van der Waals surface area contributed by atoms with Crippen molar-refractivity contribution in [3.8, 4) is 11.3 Å². The first kappa shape index (κ1) is 28.9. The maximum Gasteiger partial charge on any atom is 0.416 e. The summed E-state index contributed by atoms with van der Waals surface area (Å²) in [4.78, 5) is 16.2. The minimum Gasteiger partial charge on any atom is -0.330 e. The fourth-order valence-corrected chi connectivity index (χ4v) is 6.09. The summed E-state index contributed by atoms with van der Waals surface area (Å²) in [5.41, 5.74) is 1.23. The average molecular weight is 627 g/mol. The molecule has 1 fully saturated rings. The first-order valence-electron chi connectivity index (χ1n) is 12.1. The lowest BCUT2D eigenvalue weighted by molar-refractivity contribution is -0.137. The molecule has 1 amide bonds. The normalized spacial score (nSPS) is 14.9. The van der Waals surface area contributed by atoms with Gasteiger partial charge in [-0.2, -0.15) is 21.6 Å². The van der Waals surface area contributed by atoms with E-state index in [4.69, 9.17) is 23.2 Å². The molecule has 1 aliphatic rings. The molecule has 4 aromatic rings. The highest BCUT2D eigenvalue weighted by molar-refractivity contribution is 7.92. The number of anilines is 1. The van der Waals surface area contributed by atoms with Crippen molar-refractivity contribution < 1.29 is 30.8 Å². The van der Waals surface area contributed by atoms with Gasteiger partial charge < -0.3 is 4.57 Å². The third-order valence-corrected chi connectivity index (χ3v) is 8.42. The molecule has 3 aromatic carbocycles. The minimum atomic E-state index is -4.65. The summed E-state index contributed by atoms with van der Waals surface area (Å²) in [6.07, 6.45) is -2.62. The predicted octanol–water partition coefficient (Wildman–Crippen LogP) is 6.03. The number of aryl methyl sites for hydroxylation is 2. The van der Waals surface area contributed by atoms with Crippen molar-refractivity contribution in [2.75, 3.05) is 10.8 Å². The minimum absolute atomic E-state index is 0.0849. The standard InChI is InChI=1S/C27H20Cl2F4N4O3S/c28-19-6-9-21(22(29)12-19)24-14-36(13-16-1-7-20(8-2-16)37-15-26(38)35-41(37,39)40)25(34-24)10-4-17-3-5-18(11-23(17)30)27(31,32)33/h1-3,5-9,11-12,14H,4,10,13,15H2,(H,35,38). The summed E-state index contributed by atoms with van der Waals surface area (Å²) in [5, 5.41) is 0.801. The Morgan fingerprint density at radius 2 is 1.71 bits per heavy atom. The summed E-state index contributed by atoms with van der Waals surface area (Å²) in [6, 6.07) is 13.9. The maximum atomic E-state index is 14.5. The molecule has 0 saturated carbocycles. The smallest absolute Gasteiger partial charge is 0.330 e. The zero-order valence-electron chi connectivity index (χ0n) is 20.9. The van der Waals surface area contributed by atoms with Gasteiger partial charge in [0.25, 0.3) is 5.91 Å². The molecule has 0 aliphatic carbocycles. The van der Waals surface area contributed by atoms with E-state index in [0.717, 1.165) is 22.0 Å². The van der Waals surface area contributed by atoms with Crippen LogP contribution < -0.4 is 9.03 Å². The van der Waals surface area contributed by atoms with Gasteiger partial charge in [0.2, 0.25) is 0 Å². The lowest BCUT2D eigenvalue weighted by Crippen LogP contribution is -2.29. The lowest BCUT2D eigenvalue weighted by atomic mass is 10.1. The highest BCUT2D eigenvalue weighted by Crippen LogP contribution is 2.32. The fraction of sp³-hybridized carbons (Fsp3) is 0.185. The van der Waals surface area contributed by atoms with E-state index in [1.54, 1.807) is 53.2 Å². The quantitative estimate of drug-likeness (QED) is 0.254. The number of hydrogen-bond donors (Lipinski definition) is 1. The molecule has 0 unspecified atom stereocenters. The number of benzene rings is 3. The monoisotopic (exact) mass is 626 g/mol. The van der Waals surface area contributed by atoms with Crippen molar-refractivity contribution in [1.29, 1.82) is 0 Å². The van der Waals surface area contributed by atoms with Gasteiger partial charge in [-0.15, -0.1) is 0 Å². The first-order valence-corrected chi connectivity index (χ1v) is 14.3. The number of nitrogens with one attached hydrogen (secondary N) is 1. The summed E-state index contributed by atoms with van der Waals surface area (Å²) >= 11 is 12.4. The van der Waals surface area contributed by atoms with E-state index in [9.17, 15) is 30.8 Å². The number of imidazole rings is 1. The summed E-state index contributed by atoms with van der Waals surface area (Å²) in [5.74, 6) is -1.07. The van der Waals surface area contributed by atoms with Gasteiger partial charge in [-0.25, -0.2) is 18.4 Å². The largest absolute Gasteiger partial charge is 0.416 e. The Hall–Kier alpha value is -3.61. The molecule has 0 radical (unpaired) electrons. The molecule has 5 rings (SSSR count). The van der Waals surface area contributed by atoms with Crippen LogP contribution in [-0.2, 0) is 40.6 Å². The van der Waals surface area contributed by atoms with Crippen LogP contribution in [0.4, 0.5) is 23.2 Å². The number of halogens is 6. The number of aromatic nitrogens is 2. The molecule has 1 aliphatic heterocycles. The molecule has 41 heavy (non-hydrogen) atoms. The second-order valence-electron chi connectivity index (χ2n) is 9.30. The van der Waals surface area contributed by atoms with Crippen LogP contribution in [0.2, 0.25) is 10.0 Å². The number of alkyl halides is 3. The number of rotatable bonds is 7. The molecular weight excluding hydrogens is 607 g/mol. The Labute approximate surface area is 242 Å². The van der Waals surface area contributed by atoms with Crippen LogP contribution in [0.1, 0.15) is 22.5 Å². The van der Waals surface area contributed by atoms with E-state index in [-0.39, 0.29) is 31.5 Å². The number of carbonyl (C=O) groups is 1. The molecule has 7 nitrogen and oxygen atoms in total. The molecule has 14 heteroatoms. The molecule has 0 bridgehead atoms. The van der Waals surface area contributed by atoms with Gasteiger partial charge in [-0.05, 0) is 60.0 Å². The Kier molecular flexibility index (Phi) is 7.75. The van der Waals surface area contributed by atoms with Crippen LogP contribution >= 0.6 is 23.2 Å². The van der Waals surface area contributed by atoms with Gasteiger partial charge >= 0.3 is 16.4 Å². The Bertz CT molecular complexity index is 1740. The van der Waals surface area contributed by atoms with Gasteiger partial charge in [0, 0.05) is 29.7 Å². The molecule has 1 aromatic heterocycles. The third-order valence-electron chi connectivity index (χ3n) is 6.46. The fourth-order valence-electron chi connectivity index (χ4n) is 4.43. The van der Waals surface area contributed by atoms with Gasteiger partial charge in [0.05, 0.1) is 22.0 Å². The zero-order valence-corrected chi connectivity index (χ0v) is 23.3. The van der Waals surface area contributed by atoms with E-state index in [1.807, 2.05) is 4.72 Å². The van der Waals surface area contributed by atoms with E-state index in [0.29, 0.717) is 38.9 Å². The van der Waals surface area contributed by atoms with Crippen LogP contribution in [0.25, 0.3) is 11.3 Å². The van der Waals surface area contributed by atoms with Crippen LogP contribution in [0.15, 0.2) is 66.9 Å². The van der Waals surface area contributed by atoms with Crippen molar-refractivity contribution in [3.63, 3.8) is 0 Å². The average Bonchev–Trinajstić information content (AvgIpc) is 3.41. The van der Waals surface area contributed by atoms with Crippen molar-refractivity contribution in [3.05, 3.63) is 105 Å². The summed E-state index contributed by atoms with van der Waals surface area (Å²) in [7, 11) is -3.95. The molecular formula is C27H20Cl2F4N4O3S. The van der Waals surface area contributed by atoms with Gasteiger partial charge in [-0.3, -0.25) is 4.79 Å². The van der Waals surface area contributed by atoms with Gasteiger partial charge in [0.1, 0.15) is 18.2 Å². The second kappa shape index (κ2) is 11.0. The molecule has 0 spiro atoms. The van der Waals surface area contributed by atoms with E-state index in [2.05, 4.69) is 4.98 Å². The number of nitrogens with zero attached hydrogens (tertiary/aromatic N) is 3. The van der Waals surface area contributed by atoms with Crippen molar-refractivity contribution in [2.45, 2.75) is 25.6 Å². The maximum absolute atomic E-state index is 14.5. The Morgan fingerprint density at radius 3 is 2.32 bits per heavy atom. The first-order chi connectivity index (χ1) is 19.3. The third kappa shape index (κ3) is 6.34. The lowest BCUT2D eigenvalue weighted by Gasteiger charge is -2.15. The number of amides is 1. The van der Waals surface area contributed by atoms with E-state index in [1.165, 1.54) is 0 Å². The summed E-state index contributed by atoms with van der Waals surface area (Å²) in [6.45, 7) is -0.0354. The Balaban J connectivity index is 1.43. The van der Waals surface area contributed by atoms with Crippen LogP contribution in [0.3, 0.4) is 0 Å². The number of hydrogen-bond acceptors (Lipinski definition) is 4. The van der Waals surface area contributed by atoms with Crippen LogP contribution in [0, 0.1) is 5.82 Å². The van der Waals surface area contributed by atoms with Crippen LogP contribution in [0.5, 0.6) is 0 Å². The molecule has 2 heterocycles. The molecule has 214 valence electrons. The highest BCUT2D eigenvalue weighted by Gasteiger charge is 2.34.